The lowest BCUT2D eigenvalue weighted by Crippen LogP contribution is -2.15. The molecule has 38 heavy (non-hydrogen) atoms. The summed E-state index contributed by atoms with van der Waals surface area (Å²) < 4.78 is 102. The number of alkyl halides is 3. The third kappa shape index (κ3) is 4.99. The lowest BCUT2D eigenvalue weighted by atomic mass is 10.1. The Labute approximate surface area is 219 Å². The normalized spacial score (nSPS) is 12.2. The van der Waals surface area contributed by atoms with E-state index in [0.717, 1.165) is 0 Å². The Morgan fingerprint density at radius 1 is 1.00 bits per heavy atom. The molecule has 5 rings (SSSR count). The molecule has 0 bridgehead atoms. The van der Waals surface area contributed by atoms with Crippen LogP contribution in [-0.4, -0.2) is 28.0 Å². The highest BCUT2D eigenvalue weighted by Crippen LogP contribution is 2.38. The summed E-state index contributed by atoms with van der Waals surface area (Å²) >= 11 is 6.04. The van der Waals surface area contributed by atoms with Crippen molar-refractivity contribution in [2.24, 2.45) is 0 Å². The molecule has 0 aliphatic carbocycles. The van der Waals surface area contributed by atoms with Crippen LogP contribution in [0.1, 0.15) is 5.01 Å². The average molecular weight is 588 g/mol. The molecule has 5 aromatic rings. The molecule has 2 aromatic carbocycles. The standard InChI is InChI=1S/C22H11ClF5N5O3S2/c23-11-4-5-16(12(8-11)15-2-1-3-19-29-6-7-33(15)19)36-17-9-14(25)18(10-13(17)24)38(34,35)32-21-31-30-20(37-21)22(26,27)28/h1-10H,(H,31,32). The average Bonchev–Trinajstić information content (AvgIpc) is 3.51. The molecule has 3 heterocycles. The molecule has 196 valence electrons. The van der Waals surface area contributed by atoms with Gasteiger partial charge in [0.25, 0.3) is 10.0 Å². The molecule has 16 heteroatoms. The number of imidazole rings is 1. The number of hydrogen-bond donors (Lipinski definition) is 1. The number of hydrogen-bond acceptors (Lipinski definition) is 7. The predicted molar refractivity (Wildman–Crippen MR) is 128 cm³/mol. The number of sulfonamides is 1. The van der Waals surface area contributed by atoms with E-state index >= 15 is 0 Å². The highest BCUT2D eigenvalue weighted by Gasteiger charge is 2.36. The van der Waals surface area contributed by atoms with Gasteiger partial charge in [-0.05, 0) is 30.3 Å². The fraction of sp³-hybridized carbons (Fsp3) is 0.0455. The van der Waals surface area contributed by atoms with Gasteiger partial charge in [-0.1, -0.05) is 29.0 Å². The number of fused-ring (bicyclic) bond motifs is 1. The van der Waals surface area contributed by atoms with Crippen LogP contribution in [0.25, 0.3) is 16.9 Å². The second-order valence-electron chi connectivity index (χ2n) is 7.54. The summed E-state index contributed by atoms with van der Waals surface area (Å²) in [5.74, 6) is -3.28. The molecule has 8 nitrogen and oxygen atoms in total. The van der Waals surface area contributed by atoms with Gasteiger partial charge in [-0.15, -0.1) is 10.2 Å². The van der Waals surface area contributed by atoms with Crippen LogP contribution in [0.5, 0.6) is 11.5 Å². The van der Waals surface area contributed by atoms with Crippen molar-refractivity contribution >= 4 is 43.7 Å². The van der Waals surface area contributed by atoms with Crippen molar-refractivity contribution in [2.45, 2.75) is 11.1 Å². The molecular formula is C22H11ClF5N5O3S2. The first-order valence-electron chi connectivity index (χ1n) is 10.2. The van der Waals surface area contributed by atoms with Crippen molar-refractivity contribution in [3.05, 3.63) is 82.6 Å². The molecular weight excluding hydrogens is 577 g/mol. The highest BCUT2D eigenvalue weighted by atomic mass is 35.5. The third-order valence-electron chi connectivity index (χ3n) is 5.03. The van der Waals surface area contributed by atoms with E-state index in [-0.39, 0.29) is 17.1 Å². The molecule has 0 atom stereocenters. The zero-order chi connectivity index (χ0) is 27.2. The van der Waals surface area contributed by atoms with Crippen molar-refractivity contribution in [2.75, 3.05) is 4.72 Å². The lowest BCUT2D eigenvalue weighted by Gasteiger charge is -2.15. The lowest BCUT2D eigenvalue weighted by molar-refractivity contribution is -0.138. The van der Waals surface area contributed by atoms with Crippen LogP contribution >= 0.6 is 22.9 Å². The van der Waals surface area contributed by atoms with E-state index in [2.05, 4.69) is 15.2 Å². The van der Waals surface area contributed by atoms with E-state index < -0.39 is 48.6 Å². The second-order valence-corrected chi connectivity index (χ2v) is 10.6. The first-order chi connectivity index (χ1) is 17.9. The highest BCUT2D eigenvalue weighted by molar-refractivity contribution is 7.93. The van der Waals surface area contributed by atoms with E-state index in [1.54, 1.807) is 45.8 Å². The van der Waals surface area contributed by atoms with Gasteiger partial charge in [0.2, 0.25) is 10.1 Å². The van der Waals surface area contributed by atoms with Gasteiger partial charge in [-0.2, -0.15) is 13.2 Å². The zero-order valence-electron chi connectivity index (χ0n) is 18.4. The third-order valence-corrected chi connectivity index (χ3v) is 7.63. The Kier molecular flexibility index (Phi) is 6.44. The molecule has 0 aliphatic heterocycles. The van der Waals surface area contributed by atoms with Crippen LogP contribution in [0, 0.1) is 11.6 Å². The van der Waals surface area contributed by atoms with Gasteiger partial charge >= 0.3 is 6.18 Å². The first kappa shape index (κ1) is 25.8. The minimum atomic E-state index is -4.87. The summed E-state index contributed by atoms with van der Waals surface area (Å²) in [6.45, 7) is 0. The molecule has 0 saturated heterocycles. The molecule has 0 radical (unpaired) electrons. The summed E-state index contributed by atoms with van der Waals surface area (Å²) in [5, 5.41) is 4.04. The van der Waals surface area contributed by atoms with Gasteiger partial charge in [0.05, 0.1) is 5.69 Å². The van der Waals surface area contributed by atoms with Gasteiger partial charge in [0.15, 0.2) is 11.6 Å². The number of anilines is 1. The fourth-order valence-electron chi connectivity index (χ4n) is 3.42. The Balaban J connectivity index is 1.48. The largest absolute Gasteiger partial charge is 0.453 e. The van der Waals surface area contributed by atoms with Gasteiger partial charge in [-0.25, -0.2) is 22.2 Å². The molecule has 0 aliphatic rings. The minimum Gasteiger partial charge on any atom is -0.453 e. The summed E-state index contributed by atoms with van der Waals surface area (Å²) in [6, 6.07) is 10.5. The van der Waals surface area contributed by atoms with Crippen molar-refractivity contribution in [1.82, 2.24) is 19.6 Å². The number of halogens is 6. The Morgan fingerprint density at radius 3 is 2.53 bits per heavy atom. The van der Waals surface area contributed by atoms with Crippen molar-refractivity contribution in [3.8, 4) is 22.8 Å². The van der Waals surface area contributed by atoms with E-state index in [1.165, 1.54) is 12.1 Å². The minimum absolute atomic E-state index is 0.0659. The molecule has 0 spiro atoms. The van der Waals surface area contributed by atoms with Gasteiger partial charge in [0.1, 0.15) is 22.1 Å². The molecule has 3 aromatic heterocycles. The van der Waals surface area contributed by atoms with E-state index in [0.29, 0.717) is 34.1 Å². The quantitative estimate of drug-likeness (QED) is 0.231. The number of ether oxygens (including phenoxy) is 1. The number of aromatic nitrogens is 4. The van der Waals surface area contributed by atoms with Crippen molar-refractivity contribution in [3.63, 3.8) is 0 Å². The predicted octanol–water partition coefficient (Wildman–Crippen LogP) is 6.40. The van der Waals surface area contributed by atoms with Crippen LogP contribution < -0.4 is 9.46 Å². The number of rotatable bonds is 6. The summed E-state index contributed by atoms with van der Waals surface area (Å²) in [5.41, 5.74) is 1.57. The Bertz CT molecular complexity index is 1790. The van der Waals surface area contributed by atoms with Crippen molar-refractivity contribution in [1.29, 1.82) is 0 Å². The van der Waals surface area contributed by atoms with Gasteiger partial charge in [-0.3, -0.25) is 9.12 Å². The van der Waals surface area contributed by atoms with Gasteiger partial charge in [0, 0.05) is 35.1 Å². The van der Waals surface area contributed by atoms with E-state index in [9.17, 15) is 30.4 Å². The molecule has 0 fully saturated rings. The first-order valence-corrected chi connectivity index (χ1v) is 12.9. The maximum atomic E-state index is 15.0. The summed E-state index contributed by atoms with van der Waals surface area (Å²) in [7, 11) is -4.87. The number of nitrogens with zero attached hydrogens (tertiary/aromatic N) is 4. The van der Waals surface area contributed by atoms with Gasteiger partial charge < -0.3 is 4.74 Å². The fourth-order valence-corrected chi connectivity index (χ4v) is 5.51. The van der Waals surface area contributed by atoms with Crippen molar-refractivity contribution < 1.29 is 35.1 Å². The van der Waals surface area contributed by atoms with E-state index in [4.69, 9.17) is 16.3 Å². The Hall–Kier alpha value is -3.82. The van der Waals surface area contributed by atoms with E-state index in [1.807, 2.05) is 0 Å². The topological polar surface area (TPSA) is 98.5 Å². The summed E-state index contributed by atoms with van der Waals surface area (Å²) in [4.78, 5) is 3.02. The number of pyridine rings is 1. The van der Waals surface area contributed by atoms with Crippen LogP contribution in [0.2, 0.25) is 5.02 Å². The maximum Gasteiger partial charge on any atom is 0.445 e. The smallest absolute Gasteiger partial charge is 0.445 e. The number of benzene rings is 2. The molecule has 0 saturated carbocycles. The molecule has 1 N–H and O–H groups in total. The monoisotopic (exact) mass is 587 g/mol. The molecule has 0 unspecified atom stereocenters. The van der Waals surface area contributed by atoms with Crippen LogP contribution in [0.3, 0.4) is 0 Å². The second kappa shape index (κ2) is 9.49. The molecule has 0 amide bonds. The Morgan fingerprint density at radius 2 is 1.79 bits per heavy atom. The van der Waals surface area contributed by atoms with Crippen LogP contribution in [0.4, 0.5) is 27.1 Å². The SMILES string of the molecule is O=S(=O)(Nc1nnc(C(F)(F)F)s1)c1cc(F)c(Oc2ccc(Cl)cc2-c2cccc3nccn23)cc1F. The van der Waals surface area contributed by atoms with Crippen LogP contribution in [0.15, 0.2) is 65.8 Å². The number of nitrogens with one attached hydrogen (secondary N) is 1. The maximum absolute atomic E-state index is 15.0. The zero-order valence-corrected chi connectivity index (χ0v) is 20.8. The van der Waals surface area contributed by atoms with Crippen LogP contribution in [-0.2, 0) is 16.2 Å². The summed E-state index contributed by atoms with van der Waals surface area (Å²) in [6.07, 6.45) is -1.61.